The minimum Gasteiger partial charge on any atom is -0.461 e. The van der Waals surface area contributed by atoms with Crippen molar-refractivity contribution >= 4 is 28.3 Å². The van der Waals surface area contributed by atoms with Gasteiger partial charge in [-0.2, -0.15) is 0 Å². The van der Waals surface area contributed by atoms with E-state index >= 15 is 0 Å². The number of nitrogens with one attached hydrogen (secondary N) is 1. The zero-order chi connectivity index (χ0) is 17.0. The van der Waals surface area contributed by atoms with E-state index < -0.39 is 11.5 Å². The standard InChI is InChI=1S/C14H18N6O3S/c1-2-23-11(21)10-8-24-13(16-10)17-12(22)14(6-4-3-5-7-14)20-9-15-18-19-20/h8-9H,2-7H2,1H3,(H,16,17,22). The number of carbonyl (C=O) groups excluding carboxylic acids is 2. The largest absolute Gasteiger partial charge is 0.461 e. The first-order valence-corrected chi connectivity index (χ1v) is 8.71. The molecule has 0 saturated heterocycles. The molecule has 1 N–H and O–H groups in total. The first-order chi connectivity index (χ1) is 11.7. The Bertz CT molecular complexity index is 708. The van der Waals surface area contributed by atoms with Crippen LogP contribution in [0.5, 0.6) is 0 Å². The van der Waals surface area contributed by atoms with E-state index in [0.717, 1.165) is 19.3 Å². The average molecular weight is 350 g/mol. The molecule has 0 radical (unpaired) electrons. The number of hydrogen-bond donors (Lipinski definition) is 1. The highest BCUT2D eigenvalue weighted by atomic mass is 32.1. The molecule has 128 valence electrons. The van der Waals surface area contributed by atoms with Gasteiger partial charge in [-0.05, 0) is 30.2 Å². The molecule has 2 aromatic rings. The van der Waals surface area contributed by atoms with Crippen LogP contribution >= 0.6 is 11.3 Å². The maximum absolute atomic E-state index is 12.9. The molecule has 1 aliphatic carbocycles. The molecule has 0 bridgehead atoms. The summed E-state index contributed by atoms with van der Waals surface area (Å²) >= 11 is 1.19. The lowest BCUT2D eigenvalue weighted by Gasteiger charge is -2.34. The number of aromatic nitrogens is 5. The first-order valence-electron chi connectivity index (χ1n) is 7.83. The lowest BCUT2D eigenvalue weighted by molar-refractivity contribution is -0.126. The highest BCUT2D eigenvalue weighted by molar-refractivity contribution is 7.14. The Balaban J connectivity index is 1.78. The van der Waals surface area contributed by atoms with Gasteiger partial charge in [0.15, 0.2) is 10.8 Å². The molecular formula is C14H18N6O3S. The summed E-state index contributed by atoms with van der Waals surface area (Å²) < 4.78 is 6.43. The number of carbonyl (C=O) groups is 2. The summed E-state index contributed by atoms with van der Waals surface area (Å²) in [6, 6.07) is 0. The molecule has 9 nitrogen and oxygen atoms in total. The molecule has 1 amide bonds. The molecular weight excluding hydrogens is 332 g/mol. The molecule has 0 atom stereocenters. The van der Waals surface area contributed by atoms with Gasteiger partial charge in [-0.25, -0.2) is 14.5 Å². The van der Waals surface area contributed by atoms with Crippen LogP contribution in [0.15, 0.2) is 11.7 Å². The smallest absolute Gasteiger partial charge is 0.357 e. The van der Waals surface area contributed by atoms with Crippen LogP contribution in [0, 0.1) is 0 Å². The van der Waals surface area contributed by atoms with Gasteiger partial charge in [0.25, 0.3) is 5.91 Å². The third-order valence-corrected chi connectivity index (χ3v) is 4.86. The van der Waals surface area contributed by atoms with Crippen molar-refractivity contribution in [3.05, 3.63) is 17.4 Å². The van der Waals surface area contributed by atoms with Crippen LogP contribution < -0.4 is 5.32 Å². The molecule has 2 heterocycles. The second-order valence-corrected chi connectivity index (χ2v) is 6.42. The molecule has 1 aliphatic rings. The fourth-order valence-electron chi connectivity index (χ4n) is 2.90. The molecule has 2 aromatic heterocycles. The SMILES string of the molecule is CCOC(=O)c1csc(NC(=O)C2(n3cnnn3)CCCCC2)n1. The third-order valence-electron chi connectivity index (χ3n) is 4.10. The van der Waals surface area contributed by atoms with Crippen molar-refractivity contribution in [1.29, 1.82) is 0 Å². The van der Waals surface area contributed by atoms with Crippen LogP contribution in [0.4, 0.5) is 5.13 Å². The van der Waals surface area contributed by atoms with Crippen molar-refractivity contribution in [2.24, 2.45) is 0 Å². The number of ether oxygens (including phenoxy) is 1. The van der Waals surface area contributed by atoms with E-state index in [0.29, 0.717) is 18.0 Å². The Morgan fingerprint density at radius 1 is 1.38 bits per heavy atom. The molecule has 1 saturated carbocycles. The van der Waals surface area contributed by atoms with Gasteiger partial charge in [0.2, 0.25) is 0 Å². The van der Waals surface area contributed by atoms with Crippen LogP contribution in [0.2, 0.25) is 0 Å². The minimum atomic E-state index is -0.808. The van der Waals surface area contributed by atoms with Crippen LogP contribution in [0.1, 0.15) is 49.5 Å². The maximum atomic E-state index is 12.9. The molecule has 0 aromatic carbocycles. The molecule has 0 aliphatic heterocycles. The highest BCUT2D eigenvalue weighted by Crippen LogP contribution is 2.35. The second-order valence-electron chi connectivity index (χ2n) is 5.56. The summed E-state index contributed by atoms with van der Waals surface area (Å²) in [5.41, 5.74) is -0.616. The summed E-state index contributed by atoms with van der Waals surface area (Å²) in [4.78, 5) is 28.7. The Labute approximate surface area is 142 Å². The summed E-state index contributed by atoms with van der Waals surface area (Å²) in [6.07, 6.45) is 5.75. The zero-order valence-electron chi connectivity index (χ0n) is 13.3. The third kappa shape index (κ3) is 3.14. The lowest BCUT2D eigenvalue weighted by Crippen LogP contribution is -2.47. The van der Waals surface area contributed by atoms with Crippen molar-refractivity contribution in [2.75, 3.05) is 11.9 Å². The fraction of sp³-hybridized carbons (Fsp3) is 0.571. The van der Waals surface area contributed by atoms with Gasteiger partial charge in [0, 0.05) is 5.38 Å². The van der Waals surface area contributed by atoms with Gasteiger partial charge in [-0.3, -0.25) is 10.1 Å². The summed E-state index contributed by atoms with van der Waals surface area (Å²) in [7, 11) is 0. The number of amides is 1. The van der Waals surface area contributed by atoms with E-state index in [-0.39, 0.29) is 18.2 Å². The first kappa shape index (κ1) is 16.5. The zero-order valence-corrected chi connectivity index (χ0v) is 14.1. The molecule has 3 rings (SSSR count). The quantitative estimate of drug-likeness (QED) is 0.815. The van der Waals surface area contributed by atoms with Crippen molar-refractivity contribution in [3.63, 3.8) is 0 Å². The van der Waals surface area contributed by atoms with Crippen molar-refractivity contribution in [3.8, 4) is 0 Å². The van der Waals surface area contributed by atoms with Crippen molar-refractivity contribution in [1.82, 2.24) is 25.2 Å². The van der Waals surface area contributed by atoms with E-state index in [1.165, 1.54) is 22.3 Å². The Morgan fingerprint density at radius 2 is 2.17 bits per heavy atom. The van der Waals surface area contributed by atoms with Gasteiger partial charge < -0.3 is 4.74 Å². The van der Waals surface area contributed by atoms with E-state index in [1.807, 2.05) is 0 Å². The molecule has 1 fully saturated rings. The van der Waals surface area contributed by atoms with Gasteiger partial charge >= 0.3 is 5.97 Å². The predicted molar refractivity (Wildman–Crippen MR) is 85.6 cm³/mol. The predicted octanol–water partition coefficient (Wildman–Crippen LogP) is 1.60. The molecule has 0 spiro atoms. The average Bonchev–Trinajstić information content (AvgIpc) is 3.28. The Kier molecular flexibility index (Phi) is 4.84. The number of thiazole rings is 1. The van der Waals surface area contributed by atoms with Gasteiger partial charge in [0.05, 0.1) is 6.61 Å². The summed E-state index contributed by atoms with van der Waals surface area (Å²) in [6.45, 7) is 2.01. The van der Waals surface area contributed by atoms with Crippen LogP contribution in [-0.4, -0.2) is 43.7 Å². The summed E-state index contributed by atoms with van der Waals surface area (Å²) in [5.74, 6) is -0.707. The number of rotatable bonds is 5. The van der Waals surface area contributed by atoms with Crippen LogP contribution in [0.3, 0.4) is 0 Å². The number of hydrogen-bond acceptors (Lipinski definition) is 8. The van der Waals surface area contributed by atoms with E-state index in [2.05, 4.69) is 25.8 Å². The summed E-state index contributed by atoms with van der Waals surface area (Å²) in [5, 5.41) is 16.0. The number of tetrazole rings is 1. The monoisotopic (exact) mass is 350 g/mol. The van der Waals surface area contributed by atoms with Gasteiger partial charge in [0.1, 0.15) is 11.9 Å². The van der Waals surface area contributed by atoms with Gasteiger partial charge in [-0.15, -0.1) is 16.4 Å². The van der Waals surface area contributed by atoms with E-state index in [4.69, 9.17) is 4.74 Å². The van der Waals surface area contributed by atoms with Crippen molar-refractivity contribution in [2.45, 2.75) is 44.6 Å². The molecule has 24 heavy (non-hydrogen) atoms. The molecule has 0 unspecified atom stereocenters. The topological polar surface area (TPSA) is 112 Å². The minimum absolute atomic E-state index is 0.192. The van der Waals surface area contributed by atoms with Crippen LogP contribution in [0.25, 0.3) is 0 Å². The Morgan fingerprint density at radius 3 is 2.83 bits per heavy atom. The van der Waals surface area contributed by atoms with Crippen molar-refractivity contribution < 1.29 is 14.3 Å². The maximum Gasteiger partial charge on any atom is 0.357 e. The molecule has 10 heteroatoms. The highest BCUT2D eigenvalue weighted by Gasteiger charge is 2.43. The van der Waals surface area contributed by atoms with E-state index in [9.17, 15) is 9.59 Å². The van der Waals surface area contributed by atoms with Crippen LogP contribution in [-0.2, 0) is 15.1 Å². The lowest BCUT2D eigenvalue weighted by atomic mass is 9.81. The number of esters is 1. The normalized spacial score (nSPS) is 16.5. The number of anilines is 1. The second kappa shape index (κ2) is 7.04. The Hall–Kier alpha value is -2.36. The number of nitrogens with zero attached hydrogens (tertiary/aromatic N) is 5. The fourth-order valence-corrected chi connectivity index (χ4v) is 3.57. The van der Waals surface area contributed by atoms with E-state index in [1.54, 1.807) is 12.3 Å². The van der Waals surface area contributed by atoms with Gasteiger partial charge in [-0.1, -0.05) is 19.3 Å².